The van der Waals surface area contributed by atoms with Crippen molar-refractivity contribution < 1.29 is 4.79 Å². The summed E-state index contributed by atoms with van der Waals surface area (Å²) in [6.45, 7) is 4.85. The molecule has 5 heteroatoms. The number of carbonyl (C=O) groups is 1. The number of unbranched alkanes of at least 4 members (excludes halogenated alkanes) is 1. The lowest BCUT2D eigenvalue weighted by Gasteiger charge is -2.31. The lowest BCUT2D eigenvalue weighted by molar-refractivity contribution is -0.134. The molecule has 1 aliphatic rings. The van der Waals surface area contributed by atoms with E-state index in [-0.39, 0.29) is 18.3 Å². The molecule has 1 N–H and O–H groups in total. The van der Waals surface area contributed by atoms with Gasteiger partial charge in [-0.1, -0.05) is 19.4 Å². The molecule has 1 amide bonds. The third-order valence-corrected chi connectivity index (χ3v) is 4.11. The Morgan fingerprint density at radius 3 is 2.95 bits per heavy atom. The molecule has 1 saturated heterocycles. The maximum atomic E-state index is 12.6. The average Bonchev–Trinajstić information content (AvgIpc) is 2.80. The largest absolute Gasteiger partial charge is 0.334 e. The van der Waals surface area contributed by atoms with Gasteiger partial charge in [-0.3, -0.25) is 9.78 Å². The van der Waals surface area contributed by atoms with Crippen molar-refractivity contribution in [3.8, 4) is 0 Å². The zero-order chi connectivity index (χ0) is 14.9. The number of hydrogen-bond donors (Lipinski definition) is 1. The van der Waals surface area contributed by atoms with Gasteiger partial charge < -0.3 is 10.2 Å². The van der Waals surface area contributed by atoms with Gasteiger partial charge in [-0.05, 0) is 50.9 Å². The Labute approximate surface area is 140 Å². The molecule has 4 nitrogen and oxygen atoms in total. The number of carbonyl (C=O) groups excluding carboxylic acids is 1. The fourth-order valence-corrected chi connectivity index (χ4v) is 2.87. The Morgan fingerprint density at radius 2 is 2.23 bits per heavy atom. The van der Waals surface area contributed by atoms with Crippen molar-refractivity contribution >= 4 is 18.3 Å². The molecule has 22 heavy (non-hydrogen) atoms. The van der Waals surface area contributed by atoms with Crippen LogP contribution in [0.5, 0.6) is 0 Å². The first kappa shape index (κ1) is 18.9. The second kappa shape index (κ2) is 10.6. The first-order valence-electron chi connectivity index (χ1n) is 8.21. The molecular formula is C17H28ClN3O. The van der Waals surface area contributed by atoms with Crippen molar-refractivity contribution in [2.45, 2.75) is 58.0 Å². The molecule has 1 fully saturated rings. The van der Waals surface area contributed by atoms with Crippen LogP contribution in [0.25, 0.3) is 0 Å². The van der Waals surface area contributed by atoms with Crippen LogP contribution in [0.3, 0.4) is 0 Å². The van der Waals surface area contributed by atoms with Crippen molar-refractivity contribution in [1.82, 2.24) is 15.2 Å². The standard InChI is InChI=1S/C17H27N3O.ClH/c1-2-3-9-17(21)20(14-15-7-4-5-12-19-15)16-8-6-11-18-13-10-16;/h4-5,7,12,16,18H,2-3,6,8-11,13-14H2,1H3;1H. The van der Waals surface area contributed by atoms with Crippen LogP contribution in [0.1, 0.15) is 51.1 Å². The van der Waals surface area contributed by atoms with Crippen LogP contribution in [-0.2, 0) is 11.3 Å². The SMILES string of the molecule is CCCCC(=O)N(Cc1ccccn1)C1CCCNCC1.Cl. The lowest BCUT2D eigenvalue weighted by Crippen LogP contribution is -2.40. The summed E-state index contributed by atoms with van der Waals surface area (Å²) in [4.78, 5) is 19.1. The molecule has 124 valence electrons. The number of aromatic nitrogens is 1. The molecule has 1 aromatic rings. The van der Waals surface area contributed by atoms with Crippen molar-refractivity contribution in [3.05, 3.63) is 30.1 Å². The predicted molar refractivity (Wildman–Crippen MR) is 92.1 cm³/mol. The second-order valence-electron chi connectivity index (χ2n) is 5.78. The number of pyridine rings is 1. The monoisotopic (exact) mass is 325 g/mol. The molecule has 0 aliphatic carbocycles. The zero-order valence-electron chi connectivity index (χ0n) is 13.5. The second-order valence-corrected chi connectivity index (χ2v) is 5.78. The quantitative estimate of drug-likeness (QED) is 0.873. The van der Waals surface area contributed by atoms with Gasteiger partial charge in [0.25, 0.3) is 0 Å². The van der Waals surface area contributed by atoms with Crippen LogP contribution in [0.2, 0.25) is 0 Å². The maximum absolute atomic E-state index is 12.6. The van der Waals surface area contributed by atoms with E-state index in [0.717, 1.165) is 50.9 Å². The van der Waals surface area contributed by atoms with Crippen LogP contribution in [0, 0.1) is 0 Å². The van der Waals surface area contributed by atoms with Crippen molar-refractivity contribution in [2.24, 2.45) is 0 Å². The summed E-state index contributed by atoms with van der Waals surface area (Å²) in [7, 11) is 0. The topological polar surface area (TPSA) is 45.2 Å². The summed E-state index contributed by atoms with van der Waals surface area (Å²) in [6.07, 6.45) is 7.79. The first-order chi connectivity index (χ1) is 10.3. The van der Waals surface area contributed by atoms with E-state index in [1.165, 1.54) is 0 Å². The number of nitrogens with zero attached hydrogens (tertiary/aromatic N) is 2. The number of halogens is 1. The Kier molecular flexibility index (Phi) is 9.09. The van der Waals surface area contributed by atoms with E-state index < -0.39 is 0 Å². The Hall–Kier alpha value is -1.13. The smallest absolute Gasteiger partial charge is 0.223 e. The van der Waals surface area contributed by atoms with Crippen molar-refractivity contribution in [3.63, 3.8) is 0 Å². The number of hydrogen-bond acceptors (Lipinski definition) is 3. The fraction of sp³-hybridized carbons (Fsp3) is 0.647. The van der Waals surface area contributed by atoms with Gasteiger partial charge in [0.15, 0.2) is 0 Å². The van der Waals surface area contributed by atoms with Crippen LogP contribution in [-0.4, -0.2) is 34.9 Å². The van der Waals surface area contributed by atoms with E-state index in [0.29, 0.717) is 19.0 Å². The molecule has 1 aliphatic heterocycles. The third kappa shape index (κ3) is 5.93. The summed E-state index contributed by atoms with van der Waals surface area (Å²) in [5.74, 6) is 0.286. The van der Waals surface area contributed by atoms with Gasteiger partial charge in [-0.25, -0.2) is 0 Å². The molecule has 1 aromatic heterocycles. The minimum absolute atomic E-state index is 0. The van der Waals surface area contributed by atoms with E-state index in [4.69, 9.17) is 0 Å². The van der Waals surface area contributed by atoms with Gasteiger partial charge >= 0.3 is 0 Å². The Balaban J connectivity index is 0.00000242. The molecule has 0 saturated carbocycles. The van der Waals surface area contributed by atoms with Crippen molar-refractivity contribution in [2.75, 3.05) is 13.1 Å². The fourth-order valence-electron chi connectivity index (χ4n) is 2.87. The molecule has 0 aromatic carbocycles. The molecule has 1 unspecified atom stereocenters. The number of amides is 1. The Bertz CT molecular complexity index is 419. The normalized spacial score (nSPS) is 18.1. The highest BCUT2D eigenvalue weighted by molar-refractivity contribution is 5.85. The molecule has 0 spiro atoms. The van der Waals surface area contributed by atoms with E-state index in [9.17, 15) is 4.79 Å². The van der Waals surface area contributed by atoms with Crippen LogP contribution in [0.4, 0.5) is 0 Å². The molecular weight excluding hydrogens is 298 g/mol. The molecule has 2 heterocycles. The zero-order valence-corrected chi connectivity index (χ0v) is 14.3. The minimum atomic E-state index is 0. The summed E-state index contributed by atoms with van der Waals surface area (Å²) >= 11 is 0. The first-order valence-corrected chi connectivity index (χ1v) is 8.21. The Morgan fingerprint density at radius 1 is 1.36 bits per heavy atom. The summed E-state index contributed by atoms with van der Waals surface area (Å²) in [5.41, 5.74) is 0.986. The van der Waals surface area contributed by atoms with E-state index in [1.807, 2.05) is 18.2 Å². The predicted octanol–water partition coefficient (Wildman–Crippen LogP) is 3.16. The molecule has 1 atom stereocenters. The minimum Gasteiger partial charge on any atom is -0.334 e. The molecule has 2 rings (SSSR count). The van der Waals surface area contributed by atoms with Crippen molar-refractivity contribution in [1.29, 1.82) is 0 Å². The van der Waals surface area contributed by atoms with Gasteiger partial charge in [0.2, 0.25) is 5.91 Å². The summed E-state index contributed by atoms with van der Waals surface area (Å²) in [6, 6.07) is 6.27. The van der Waals surface area contributed by atoms with Gasteiger partial charge in [0, 0.05) is 18.7 Å². The molecule has 0 radical (unpaired) electrons. The highest BCUT2D eigenvalue weighted by Gasteiger charge is 2.24. The average molecular weight is 326 g/mol. The van der Waals surface area contributed by atoms with E-state index in [2.05, 4.69) is 22.1 Å². The van der Waals surface area contributed by atoms with E-state index in [1.54, 1.807) is 6.20 Å². The van der Waals surface area contributed by atoms with Crippen LogP contribution in [0.15, 0.2) is 24.4 Å². The lowest BCUT2D eigenvalue weighted by atomic mass is 10.1. The van der Waals surface area contributed by atoms with E-state index >= 15 is 0 Å². The third-order valence-electron chi connectivity index (χ3n) is 4.11. The summed E-state index contributed by atoms with van der Waals surface area (Å²) in [5, 5.41) is 3.42. The van der Waals surface area contributed by atoms with Gasteiger partial charge in [0.05, 0.1) is 12.2 Å². The highest BCUT2D eigenvalue weighted by Crippen LogP contribution is 2.18. The van der Waals surface area contributed by atoms with Crippen LogP contribution < -0.4 is 5.32 Å². The summed E-state index contributed by atoms with van der Waals surface area (Å²) < 4.78 is 0. The number of nitrogens with one attached hydrogen (secondary N) is 1. The van der Waals surface area contributed by atoms with Crippen LogP contribution >= 0.6 is 12.4 Å². The highest BCUT2D eigenvalue weighted by atomic mass is 35.5. The maximum Gasteiger partial charge on any atom is 0.223 e. The van der Waals surface area contributed by atoms with Gasteiger partial charge in [-0.15, -0.1) is 12.4 Å². The number of rotatable bonds is 6. The van der Waals surface area contributed by atoms with Gasteiger partial charge in [0.1, 0.15) is 0 Å². The molecule has 0 bridgehead atoms. The van der Waals surface area contributed by atoms with Gasteiger partial charge in [-0.2, -0.15) is 0 Å².